The van der Waals surface area contributed by atoms with Gasteiger partial charge in [-0.1, -0.05) is 0 Å². The molecule has 0 saturated heterocycles. The zero-order valence-corrected chi connectivity index (χ0v) is 15.3. The van der Waals surface area contributed by atoms with Gasteiger partial charge in [-0.2, -0.15) is 11.8 Å². The van der Waals surface area contributed by atoms with Gasteiger partial charge in [-0.3, -0.25) is 14.4 Å². The van der Waals surface area contributed by atoms with Crippen molar-refractivity contribution in [1.29, 1.82) is 0 Å². The minimum absolute atomic E-state index is 0.346. The van der Waals surface area contributed by atoms with Gasteiger partial charge < -0.3 is 31.9 Å². The molecular formula is C14H26N4O6S. The third-order valence-corrected chi connectivity index (χ3v) is 3.79. The third-order valence-electron chi connectivity index (χ3n) is 3.15. The number of nitrogens with one attached hydrogen (secondary N) is 3. The van der Waals surface area contributed by atoms with Crippen LogP contribution in [-0.4, -0.2) is 76.7 Å². The second-order valence-electron chi connectivity index (χ2n) is 5.47. The summed E-state index contributed by atoms with van der Waals surface area (Å²) in [6, 6.07) is -3.12. The fourth-order valence-electron chi connectivity index (χ4n) is 1.71. The molecule has 11 heteroatoms. The lowest BCUT2D eigenvalue weighted by Gasteiger charge is -2.20. The quantitative estimate of drug-likeness (QED) is 0.232. The molecule has 0 aromatic carbocycles. The van der Waals surface area contributed by atoms with Crippen LogP contribution in [0, 0.1) is 0 Å². The van der Waals surface area contributed by atoms with E-state index in [1.54, 1.807) is 0 Å². The van der Waals surface area contributed by atoms with Crippen molar-refractivity contribution in [3.05, 3.63) is 0 Å². The topological polar surface area (TPSA) is 171 Å². The lowest BCUT2D eigenvalue weighted by Crippen LogP contribution is -2.54. The van der Waals surface area contributed by atoms with Gasteiger partial charge in [0.1, 0.15) is 6.04 Å². The van der Waals surface area contributed by atoms with Crippen LogP contribution in [0.2, 0.25) is 0 Å². The van der Waals surface area contributed by atoms with Gasteiger partial charge >= 0.3 is 5.97 Å². The second-order valence-corrected chi connectivity index (χ2v) is 6.46. The molecule has 4 unspecified atom stereocenters. The summed E-state index contributed by atoms with van der Waals surface area (Å²) in [4.78, 5) is 46.4. The maximum absolute atomic E-state index is 12.1. The van der Waals surface area contributed by atoms with Gasteiger partial charge in [0.25, 0.3) is 0 Å². The molecule has 144 valence electrons. The Morgan fingerprint density at radius 2 is 1.72 bits per heavy atom. The van der Waals surface area contributed by atoms with Gasteiger partial charge in [-0.15, -0.1) is 0 Å². The average molecular weight is 378 g/mol. The summed E-state index contributed by atoms with van der Waals surface area (Å²) in [6.07, 6.45) is 0.896. The molecule has 0 heterocycles. The smallest absolute Gasteiger partial charge is 0.328 e. The summed E-state index contributed by atoms with van der Waals surface area (Å²) >= 11 is 1.49. The van der Waals surface area contributed by atoms with Crippen LogP contribution in [0.1, 0.15) is 20.3 Å². The number of carboxylic acids is 1. The van der Waals surface area contributed by atoms with Gasteiger partial charge in [0.05, 0.1) is 18.7 Å². The van der Waals surface area contributed by atoms with Gasteiger partial charge in [-0.25, -0.2) is 4.79 Å². The van der Waals surface area contributed by atoms with Crippen LogP contribution in [0.5, 0.6) is 0 Å². The molecule has 0 saturated carbocycles. The Balaban J connectivity index is 4.65. The number of amides is 3. The molecule has 0 bridgehead atoms. The molecule has 7 N–H and O–H groups in total. The first-order valence-electron chi connectivity index (χ1n) is 7.63. The number of aliphatic carboxylic acids is 1. The minimum Gasteiger partial charge on any atom is -0.480 e. The van der Waals surface area contributed by atoms with Crippen LogP contribution < -0.4 is 21.7 Å². The van der Waals surface area contributed by atoms with Crippen molar-refractivity contribution in [3.63, 3.8) is 0 Å². The van der Waals surface area contributed by atoms with E-state index in [0.717, 1.165) is 0 Å². The van der Waals surface area contributed by atoms with Crippen LogP contribution in [0.25, 0.3) is 0 Å². The van der Waals surface area contributed by atoms with Crippen molar-refractivity contribution in [3.8, 4) is 0 Å². The fraction of sp³-hybridized carbons (Fsp3) is 0.714. The normalized spacial score (nSPS) is 15.4. The van der Waals surface area contributed by atoms with Gasteiger partial charge in [-0.05, 0) is 32.3 Å². The van der Waals surface area contributed by atoms with Gasteiger partial charge in [0, 0.05) is 0 Å². The number of nitrogens with two attached hydrogens (primary N) is 1. The summed E-state index contributed by atoms with van der Waals surface area (Å²) in [5, 5.41) is 25.1. The number of aliphatic hydroxyl groups excluding tert-OH is 1. The van der Waals surface area contributed by atoms with E-state index in [-0.39, 0.29) is 0 Å². The summed E-state index contributed by atoms with van der Waals surface area (Å²) in [5.41, 5.74) is 5.45. The average Bonchev–Trinajstić information content (AvgIpc) is 2.53. The van der Waals surface area contributed by atoms with Gasteiger partial charge in [0.2, 0.25) is 17.7 Å². The van der Waals surface area contributed by atoms with Crippen LogP contribution in [0.4, 0.5) is 0 Å². The van der Waals surface area contributed by atoms with Crippen LogP contribution in [-0.2, 0) is 19.2 Å². The summed E-state index contributed by atoms with van der Waals surface area (Å²) in [5.74, 6) is -2.64. The number of hydrogen-bond acceptors (Lipinski definition) is 7. The van der Waals surface area contributed by atoms with Crippen LogP contribution >= 0.6 is 11.8 Å². The van der Waals surface area contributed by atoms with Crippen LogP contribution in [0.3, 0.4) is 0 Å². The van der Waals surface area contributed by atoms with E-state index in [2.05, 4.69) is 16.0 Å². The molecule has 0 aromatic rings. The van der Waals surface area contributed by atoms with E-state index in [9.17, 15) is 24.3 Å². The van der Waals surface area contributed by atoms with E-state index in [4.69, 9.17) is 10.8 Å². The number of carbonyl (C=O) groups is 4. The Morgan fingerprint density at radius 3 is 2.16 bits per heavy atom. The minimum atomic E-state index is -1.48. The molecule has 4 atom stereocenters. The first kappa shape index (κ1) is 23.1. The molecule has 0 radical (unpaired) electrons. The van der Waals surface area contributed by atoms with E-state index in [1.807, 2.05) is 6.26 Å². The molecule has 0 rings (SSSR count). The Morgan fingerprint density at radius 1 is 1.12 bits per heavy atom. The zero-order valence-electron chi connectivity index (χ0n) is 14.4. The monoisotopic (exact) mass is 378 g/mol. The van der Waals surface area contributed by atoms with E-state index in [1.165, 1.54) is 25.6 Å². The number of carboxylic acid groups (broad SMARTS) is 1. The Bertz CT molecular complexity index is 486. The van der Waals surface area contributed by atoms with Crippen molar-refractivity contribution in [1.82, 2.24) is 16.0 Å². The van der Waals surface area contributed by atoms with E-state index in [0.29, 0.717) is 12.2 Å². The molecule has 0 aliphatic carbocycles. The number of carbonyl (C=O) groups excluding carboxylic acids is 3. The van der Waals surface area contributed by atoms with Gasteiger partial charge in [0.15, 0.2) is 6.04 Å². The first-order valence-corrected chi connectivity index (χ1v) is 9.02. The molecule has 25 heavy (non-hydrogen) atoms. The van der Waals surface area contributed by atoms with Crippen molar-refractivity contribution >= 4 is 35.5 Å². The number of aliphatic hydroxyl groups is 1. The SMILES string of the molecule is CSCCC(NC(=O)C(C)N)C(=O)NCC(=O)NC(C(=O)O)C(C)O. The molecule has 0 spiro atoms. The first-order chi connectivity index (χ1) is 11.6. The lowest BCUT2D eigenvalue weighted by atomic mass is 10.2. The molecule has 3 amide bonds. The largest absolute Gasteiger partial charge is 0.480 e. The number of rotatable bonds is 11. The fourth-order valence-corrected chi connectivity index (χ4v) is 2.18. The van der Waals surface area contributed by atoms with Crippen molar-refractivity contribution in [2.75, 3.05) is 18.6 Å². The Labute approximate surface area is 150 Å². The lowest BCUT2D eigenvalue weighted by molar-refractivity contribution is -0.144. The molecule has 0 fully saturated rings. The maximum atomic E-state index is 12.1. The third kappa shape index (κ3) is 9.27. The molecule has 0 aliphatic heterocycles. The van der Waals surface area contributed by atoms with E-state index < -0.39 is 54.5 Å². The molecule has 10 nitrogen and oxygen atoms in total. The van der Waals surface area contributed by atoms with Crippen molar-refractivity contribution in [2.45, 2.75) is 44.5 Å². The Kier molecular flexibility index (Phi) is 10.8. The zero-order chi connectivity index (χ0) is 19.6. The predicted molar refractivity (Wildman–Crippen MR) is 92.8 cm³/mol. The molecule has 0 aliphatic rings. The van der Waals surface area contributed by atoms with Crippen molar-refractivity contribution in [2.24, 2.45) is 5.73 Å². The molecular weight excluding hydrogens is 352 g/mol. The van der Waals surface area contributed by atoms with Crippen molar-refractivity contribution < 1.29 is 29.4 Å². The predicted octanol–water partition coefficient (Wildman–Crippen LogP) is -2.36. The highest BCUT2D eigenvalue weighted by Crippen LogP contribution is 2.01. The second kappa shape index (κ2) is 11.7. The highest BCUT2D eigenvalue weighted by atomic mass is 32.2. The number of thioether (sulfide) groups is 1. The standard InChI is InChI=1S/C14H26N4O6S/c1-7(15)12(21)17-9(4-5-25-3)13(22)16-6-10(20)18-11(8(2)19)14(23)24/h7-9,11,19H,4-6,15H2,1-3H3,(H,16,22)(H,17,21)(H,18,20)(H,23,24). The van der Waals surface area contributed by atoms with Crippen LogP contribution in [0.15, 0.2) is 0 Å². The highest BCUT2D eigenvalue weighted by molar-refractivity contribution is 7.98. The summed E-state index contributed by atoms with van der Waals surface area (Å²) in [6.45, 7) is 2.22. The van der Waals surface area contributed by atoms with E-state index >= 15 is 0 Å². The highest BCUT2D eigenvalue weighted by Gasteiger charge is 2.26. The number of hydrogen-bond donors (Lipinski definition) is 6. The molecule has 0 aromatic heterocycles. The summed E-state index contributed by atoms with van der Waals surface area (Å²) < 4.78 is 0. The maximum Gasteiger partial charge on any atom is 0.328 e. The summed E-state index contributed by atoms with van der Waals surface area (Å²) in [7, 11) is 0. The Hall–Kier alpha value is -1.85.